The summed E-state index contributed by atoms with van der Waals surface area (Å²) in [4.78, 5) is 11.2. The monoisotopic (exact) mass is 408 g/mol. The largest absolute Gasteiger partial charge is 0.486 e. The molecule has 0 heterocycles. The number of halogens is 3. The molecule has 0 aromatic heterocycles. The van der Waals surface area contributed by atoms with Gasteiger partial charge in [-0.25, -0.2) is 0 Å². The fraction of sp³-hybridized carbons (Fsp3) is 0.800. The van der Waals surface area contributed by atoms with Crippen LogP contribution in [0.2, 0.25) is 0 Å². The van der Waals surface area contributed by atoms with E-state index in [9.17, 15) is 23.1 Å². The molecule has 0 aromatic carbocycles. The van der Waals surface area contributed by atoms with Crippen molar-refractivity contribution < 1.29 is 47.3 Å². The van der Waals surface area contributed by atoms with Gasteiger partial charge in [0.25, 0.3) is 0 Å². The summed E-state index contributed by atoms with van der Waals surface area (Å²) in [6, 6.07) is 0. The summed E-state index contributed by atoms with van der Waals surface area (Å²) in [6.45, 7) is 4.08. The Balaban J connectivity index is 0.00000242. The maximum atomic E-state index is 12.9. The van der Waals surface area contributed by atoms with E-state index >= 15 is 0 Å². The van der Waals surface area contributed by atoms with Crippen molar-refractivity contribution in [1.29, 1.82) is 0 Å². The molecule has 0 aliphatic heterocycles. The van der Waals surface area contributed by atoms with Crippen LogP contribution < -0.4 is 0 Å². The molecule has 0 amide bonds. The van der Waals surface area contributed by atoms with E-state index in [4.69, 9.17) is 4.74 Å². The quantitative estimate of drug-likeness (QED) is 0.338. The van der Waals surface area contributed by atoms with Crippen molar-refractivity contribution >= 4 is 5.97 Å². The van der Waals surface area contributed by atoms with Gasteiger partial charge in [-0.2, -0.15) is 13.2 Å². The van der Waals surface area contributed by atoms with Gasteiger partial charge in [0, 0.05) is 19.5 Å². The number of rotatable bonds is 3. The zero-order valence-corrected chi connectivity index (χ0v) is 13.9. The fourth-order valence-corrected chi connectivity index (χ4v) is 3.77. The summed E-state index contributed by atoms with van der Waals surface area (Å²) in [5.41, 5.74) is -2.65. The first kappa shape index (κ1) is 19.6. The van der Waals surface area contributed by atoms with Crippen LogP contribution in [-0.2, 0) is 29.0 Å². The fourth-order valence-electron chi connectivity index (χ4n) is 3.77. The Morgan fingerprint density at radius 3 is 2.45 bits per heavy atom. The Labute approximate surface area is 141 Å². The zero-order valence-electron chi connectivity index (χ0n) is 12.3. The number of ether oxygens (including phenoxy) is 1. The Morgan fingerprint density at radius 2 is 1.91 bits per heavy atom. The molecule has 0 spiro atoms. The maximum Gasteiger partial charge on any atom is 0.417 e. The Morgan fingerprint density at radius 1 is 1.27 bits per heavy atom. The normalized spacial score (nSPS) is 34.0. The first-order chi connectivity index (χ1) is 9.66. The van der Waals surface area contributed by atoms with E-state index in [-0.39, 0.29) is 37.4 Å². The van der Waals surface area contributed by atoms with Crippen LogP contribution in [0.5, 0.6) is 0 Å². The molecule has 3 nitrogen and oxygen atoms in total. The molecule has 22 heavy (non-hydrogen) atoms. The van der Waals surface area contributed by atoms with Crippen LogP contribution in [0.3, 0.4) is 0 Å². The van der Waals surface area contributed by atoms with Crippen molar-refractivity contribution in [2.45, 2.75) is 56.9 Å². The summed E-state index contributed by atoms with van der Waals surface area (Å²) in [5.74, 6) is -1.24. The number of alkyl halides is 3. The molecule has 2 rings (SSSR count). The standard InChI is InChI=1S/C15H20F3O3.Rh/c1-3-13(19)21-12-7-4-9-8-10(5-6-11(9)12)14(2,20)15(16,17)18;/h9-12,20H,1,4-8H2,2H3;/q-1;. The van der Waals surface area contributed by atoms with Gasteiger partial charge >= 0.3 is 6.18 Å². The first-order valence-electron chi connectivity index (χ1n) is 7.19. The van der Waals surface area contributed by atoms with Gasteiger partial charge in [-0.05, 0) is 56.8 Å². The Kier molecular flexibility index (Phi) is 6.25. The summed E-state index contributed by atoms with van der Waals surface area (Å²) < 4.78 is 44.0. The van der Waals surface area contributed by atoms with E-state index in [0.29, 0.717) is 25.7 Å². The molecular formula is C15H20F3O3Rh-. The topological polar surface area (TPSA) is 46.5 Å². The Hall–Kier alpha value is -0.417. The van der Waals surface area contributed by atoms with Gasteiger partial charge in [-0.15, -0.1) is 0 Å². The molecular weight excluding hydrogens is 388 g/mol. The van der Waals surface area contributed by atoms with Gasteiger partial charge in [0.1, 0.15) is 12.1 Å². The van der Waals surface area contributed by atoms with Crippen LogP contribution in [0.4, 0.5) is 13.2 Å². The van der Waals surface area contributed by atoms with Crippen LogP contribution in [0.1, 0.15) is 39.0 Å². The summed E-state index contributed by atoms with van der Waals surface area (Å²) in [5, 5.41) is 9.82. The van der Waals surface area contributed by atoms with Crippen molar-refractivity contribution in [1.82, 2.24) is 0 Å². The van der Waals surface area contributed by atoms with Crippen molar-refractivity contribution in [3.63, 3.8) is 0 Å². The third kappa shape index (κ3) is 3.73. The molecule has 7 heteroatoms. The summed E-state index contributed by atoms with van der Waals surface area (Å²) in [7, 11) is 0. The predicted molar refractivity (Wildman–Crippen MR) is 69.0 cm³/mol. The Bertz CT molecular complexity index is 423. The molecule has 129 valence electrons. The molecule has 5 atom stereocenters. The van der Waals surface area contributed by atoms with E-state index in [1.165, 1.54) is 0 Å². The smallest absolute Gasteiger partial charge is 0.417 e. The second kappa shape index (κ2) is 7.00. The van der Waals surface area contributed by atoms with Gasteiger partial charge in [0.15, 0.2) is 5.60 Å². The van der Waals surface area contributed by atoms with Crippen LogP contribution >= 0.6 is 0 Å². The number of esters is 1. The second-order valence-corrected chi connectivity index (χ2v) is 6.28. The van der Waals surface area contributed by atoms with Gasteiger partial charge in [-0.3, -0.25) is 11.4 Å². The van der Waals surface area contributed by atoms with Crippen molar-refractivity contribution in [2.24, 2.45) is 17.8 Å². The van der Waals surface area contributed by atoms with Crippen molar-refractivity contribution in [2.75, 3.05) is 0 Å². The number of hydrogen-bond acceptors (Lipinski definition) is 3. The van der Waals surface area contributed by atoms with Crippen LogP contribution in [0.25, 0.3) is 0 Å². The molecule has 2 aliphatic rings. The minimum atomic E-state index is -4.62. The molecule has 5 unspecified atom stereocenters. The molecule has 0 aromatic rings. The van der Waals surface area contributed by atoms with Crippen LogP contribution in [0.15, 0.2) is 6.58 Å². The SMILES string of the molecule is C=[C-]C(=O)OC1CCC2CC(C(C)(O)C(F)(F)F)CCC21.[Rh]. The third-order valence-corrected chi connectivity index (χ3v) is 5.11. The molecule has 2 fully saturated rings. The minimum absolute atomic E-state index is 0. The molecule has 0 saturated heterocycles. The number of hydrogen-bond donors (Lipinski definition) is 1. The summed E-state index contributed by atoms with van der Waals surface area (Å²) in [6.07, 6.45) is -0.199. The van der Waals surface area contributed by atoms with E-state index in [1.54, 1.807) is 0 Å². The molecule has 1 radical (unpaired) electrons. The molecule has 0 bridgehead atoms. The number of carbonyl (C=O) groups excluding carboxylic acids is 1. The van der Waals surface area contributed by atoms with Crippen LogP contribution in [-0.4, -0.2) is 29.0 Å². The number of aliphatic hydroxyl groups is 1. The second-order valence-electron chi connectivity index (χ2n) is 6.28. The summed E-state index contributed by atoms with van der Waals surface area (Å²) >= 11 is 0. The minimum Gasteiger partial charge on any atom is -0.486 e. The van der Waals surface area contributed by atoms with Gasteiger partial charge in [0.2, 0.25) is 0 Å². The molecule has 1 N–H and O–H groups in total. The number of carbonyl (C=O) groups is 1. The molecule has 2 aliphatic carbocycles. The maximum absolute atomic E-state index is 12.9. The first-order valence-corrected chi connectivity index (χ1v) is 7.19. The van der Waals surface area contributed by atoms with E-state index in [2.05, 4.69) is 12.7 Å². The van der Waals surface area contributed by atoms with Gasteiger partial charge < -0.3 is 15.9 Å². The van der Waals surface area contributed by atoms with Crippen molar-refractivity contribution in [3.05, 3.63) is 12.7 Å². The van der Waals surface area contributed by atoms with Crippen LogP contribution in [0, 0.1) is 23.8 Å². The van der Waals surface area contributed by atoms with Gasteiger partial charge in [-0.1, -0.05) is 0 Å². The van der Waals surface area contributed by atoms with Gasteiger partial charge in [0.05, 0.1) is 0 Å². The van der Waals surface area contributed by atoms with E-state index < -0.39 is 23.7 Å². The molecule has 2 saturated carbocycles. The zero-order chi connectivity index (χ0) is 15.8. The number of fused-ring (bicyclic) bond motifs is 1. The average molecular weight is 408 g/mol. The predicted octanol–water partition coefficient (Wildman–Crippen LogP) is 3.02. The third-order valence-electron chi connectivity index (χ3n) is 5.11. The average Bonchev–Trinajstić information content (AvgIpc) is 2.79. The van der Waals surface area contributed by atoms with E-state index in [0.717, 1.165) is 13.3 Å². The van der Waals surface area contributed by atoms with Crippen molar-refractivity contribution in [3.8, 4) is 0 Å². The van der Waals surface area contributed by atoms with E-state index in [1.807, 2.05) is 0 Å².